The maximum atomic E-state index is 6.09. The largest absolute Gasteiger partial charge is 0.386 e. The Morgan fingerprint density at radius 3 is 2.59 bits per heavy atom. The van der Waals surface area contributed by atoms with Crippen molar-refractivity contribution in [3.8, 4) is 34.2 Å². The first-order valence-corrected chi connectivity index (χ1v) is 12.9. The highest BCUT2D eigenvalue weighted by atomic mass is 15.0. The molecule has 2 aliphatic heterocycles. The average Bonchev–Trinajstić information content (AvgIpc) is 3.73. The first-order valence-electron chi connectivity index (χ1n) is 12.9. The second-order valence-electron chi connectivity index (χ2n) is 9.20. The number of hydrogen-bond donors (Lipinski definition) is 4. The minimum Gasteiger partial charge on any atom is -0.386 e. The lowest BCUT2D eigenvalue weighted by molar-refractivity contribution is 0.613. The van der Waals surface area contributed by atoms with Crippen LogP contribution < -0.4 is 16.4 Å². The molecule has 2 aliphatic rings. The number of aliphatic imine (C=N–C) groups is 1. The predicted octanol–water partition coefficient (Wildman–Crippen LogP) is 5.25. The molecule has 0 aliphatic carbocycles. The summed E-state index contributed by atoms with van der Waals surface area (Å²) < 4.78 is 0. The van der Waals surface area contributed by atoms with Crippen LogP contribution >= 0.6 is 0 Å². The number of amidine groups is 1. The fourth-order valence-corrected chi connectivity index (χ4v) is 4.83. The van der Waals surface area contributed by atoms with Crippen LogP contribution in [0.4, 0.5) is 0 Å². The van der Waals surface area contributed by atoms with Gasteiger partial charge in [-0.05, 0) is 74.5 Å². The summed E-state index contributed by atoms with van der Waals surface area (Å²) in [5, 5.41) is 6.87. The molecule has 37 heavy (non-hydrogen) atoms. The molecular weight excluding hydrogens is 456 g/mol. The summed E-state index contributed by atoms with van der Waals surface area (Å²) in [6.45, 7) is 10.2. The highest BCUT2D eigenvalue weighted by molar-refractivity contribution is 5.86. The zero-order valence-corrected chi connectivity index (χ0v) is 21.6. The van der Waals surface area contributed by atoms with Gasteiger partial charge in [-0.2, -0.15) is 0 Å². The molecule has 2 fully saturated rings. The average molecular weight is 493 g/mol. The Balaban J connectivity index is 0.00000156. The van der Waals surface area contributed by atoms with E-state index in [1.54, 1.807) is 12.3 Å². The monoisotopic (exact) mass is 492 g/mol. The topological polar surface area (TPSA) is 91.1 Å². The normalized spacial score (nSPS) is 19.3. The van der Waals surface area contributed by atoms with E-state index < -0.39 is 0 Å². The molecule has 6 heteroatoms. The molecule has 0 spiro atoms. The number of rotatable bonds is 5. The number of nitrogens with one attached hydrogen (secondary N) is 3. The smallest absolute Gasteiger partial charge is 0.123 e. The Kier molecular flexibility index (Phi) is 9.09. The van der Waals surface area contributed by atoms with Gasteiger partial charge in [-0.1, -0.05) is 42.2 Å². The molecule has 190 valence electrons. The fraction of sp³-hybridized carbons (Fsp3) is 0.290. The van der Waals surface area contributed by atoms with E-state index in [9.17, 15) is 0 Å². The minimum atomic E-state index is 0.180. The lowest BCUT2D eigenvalue weighted by Crippen LogP contribution is -2.36. The maximum absolute atomic E-state index is 6.09. The zero-order chi connectivity index (χ0) is 26.0. The Hall–Kier alpha value is -3.92. The number of benzene rings is 2. The van der Waals surface area contributed by atoms with E-state index in [1.807, 2.05) is 12.3 Å². The van der Waals surface area contributed by atoms with Crippen LogP contribution in [-0.4, -0.2) is 34.9 Å². The molecule has 2 atom stereocenters. The molecule has 3 heterocycles. The third-order valence-electron chi connectivity index (χ3n) is 6.71. The van der Waals surface area contributed by atoms with Gasteiger partial charge in [0.05, 0.1) is 24.0 Å². The number of imidazole rings is 1. The van der Waals surface area contributed by atoms with Crippen LogP contribution in [0.2, 0.25) is 0 Å². The Labute approximate surface area is 220 Å². The van der Waals surface area contributed by atoms with Gasteiger partial charge in [-0.15, -0.1) is 13.2 Å². The standard InChI is InChI=1S/C29H32N6.C2H4/c1-20-17-22(27-19-34-29(35-27)26-13-8-16-32-26)18-24(21-9-3-2-4-10-21)23(20)11-5-6-14-33-28(30)25-12-7-15-31-25;1-2/h2-4,6,9-10,14,17-19,25-26,31-32H,7-8,12-13,15-16H2,1H3,(H2,30,33)(H,34,35);1-2H2/b14-6+;/t25?,26-;/m0./s1. The van der Waals surface area contributed by atoms with Crippen molar-refractivity contribution in [1.29, 1.82) is 0 Å². The number of aromatic amines is 1. The quantitative estimate of drug-likeness (QED) is 0.169. The molecule has 3 aromatic rings. The summed E-state index contributed by atoms with van der Waals surface area (Å²) in [4.78, 5) is 12.6. The Morgan fingerprint density at radius 2 is 1.86 bits per heavy atom. The van der Waals surface area contributed by atoms with E-state index in [4.69, 9.17) is 5.73 Å². The van der Waals surface area contributed by atoms with E-state index in [0.717, 1.165) is 71.7 Å². The molecule has 0 saturated carbocycles. The number of H-pyrrole nitrogens is 1. The van der Waals surface area contributed by atoms with E-state index in [-0.39, 0.29) is 6.04 Å². The molecule has 2 aromatic carbocycles. The van der Waals surface area contributed by atoms with Crippen molar-refractivity contribution in [3.05, 3.63) is 91.0 Å². The second-order valence-corrected chi connectivity index (χ2v) is 9.20. The molecule has 0 amide bonds. The number of nitrogens with two attached hydrogens (primary N) is 1. The Bertz CT molecular complexity index is 1300. The molecule has 1 aromatic heterocycles. The van der Waals surface area contributed by atoms with Gasteiger partial charge in [-0.25, -0.2) is 9.98 Å². The van der Waals surface area contributed by atoms with E-state index in [2.05, 4.69) is 93.9 Å². The van der Waals surface area contributed by atoms with Crippen molar-refractivity contribution in [3.63, 3.8) is 0 Å². The molecule has 0 radical (unpaired) electrons. The Morgan fingerprint density at radius 1 is 1.08 bits per heavy atom. The molecular formula is C31H36N6. The minimum absolute atomic E-state index is 0.180. The molecule has 6 nitrogen and oxygen atoms in total. The molecule has 1 unspecified atom stereocenters. The van der Waals surface area contributed by atoms with Crippen LogP contribution in [0.5, 0.6) is 0 Å². The van der Waals surface area contributed by atoms with Crippen LogP contribution in [-0.2, 0) is 0 Å². The van der Waals surface area contributed by atoms with Crippen LogP contribution in [0.15, 0.2) is 79.1 Å². The van der Waals surface area contributed by atoms with Crippen molar-refractivity contribution in [2.45, 2.75) is 44.7 Å². The maximum Gasteiger partial charge on any atom is 0.123 e. The van der Waals surface area contributed by atoms with Crippen molar-refractivity contribution in [2.75, 3.05) is 13.1 Å². The summed E-state index contributed by atoms with van der Waals surface area (Å²) in [7, 11) is 0. The molecule has 0 bridgehead atoms. The van der Waals surface area contributed by atoms with Crippen LogP contribution in [0.25, 0.3) is 22.4 Å². The highest BCUT2D eigenvalue weighted by Gasteiger charge is 2.20. The summed E-state index contributed by atoms with van der Waals surface area (Å²) in [6.07, 6.45) is 9.88. The predicted molar refractivity (Wildman–Crippen MR) is 154 cm³/mol. The van der Waals surface area contributed by atoms with E-state index in [1.165, 1.54) is 6.42 Å². The molecule has 5 N–H and O–H groups in total. The second kappa shape index (κ2) is 12.9. The first-order chi connectivity index (χ1) is 18.2. The van der Waals surface area contributed by atoms with Gasteiger partial charge in [0.1, 0.15) is 11.7 Å². The first kappa shape index (κ1) is 26.2. The SMILES string of the molecule is C=C.Cc1cc(-c2cnc([C@@H]3CCCN3)[nH]2)cc(-c2ccccc2)c1C#C/C=C/N=C(N)C1CCCN1. The molecule has 2 saturated heterocycles. The van der Waals surface area contributed by atoms with Gasteiger partial charge in [0.2, 0.25) is 0 Å². The number of aromatic nitrogens is 2. The lowest BCUT2D eigenvalue weighted by atomic mass is 9.93. The van der Waals surface area contributed by atoms with Crippen molar-refractivity contribution in [2.24, 2.45) is 10.7 Å². The number of nitrogens with zero attached hydrogens (tertiary/aromatic N) is 2. The van der Waals surface area contributed by atoms with E-state index >= 15 is 0 Å². The summed E-state index contributed by atoms with van der Waals surface area (Å²) >= 11 is 0. The van der Waals surface area contributed by atoms with Gasteiger partial charge in [0, 0.05) is 23.4 Å². The lowest BCUT2D eigenvalue weighted by Gasteiger charge is -2.12. The number of hydrogen-bond acceptors (Lipinski definition) is 4. The zero-order valence-electron chi connectivity index (χ0n) is 21.6. The van der Waals surface area contributed by atoms with Gasteiger partial charge in [0.15, 0.2) is 0 Å². The van der Waals surface area contributed by atoms with E-state index in [0.29, 0.717) is 11.9 Å². The molecule has 5 rings (SSSR count). The highest BCUT2D eigenvalue weighted by Crippen LogP contribution is 2.32. The van der Waals surface area contributed by atoms with Crippen molar-refractivity contribution >= 4 is 5.84 Å². The fourth-order valence-electron chi connectivity index (χ4n) is 4.83. The van der Waals surface area contributed by atoms with Crippen LogP contribution in [0.1, 0.15) is 48.7 Å². The van der Waals surface area contributed by atoms with Crippen LogP contribution in [0.3, 0.4) is 0 Å². The third-order valence-corrected chi connectivity index (χ3v) is 6.71. The number of aryl methyl sites for hydroxylation is 1. The van der Waals surface area contributed by atoms with Gasteiger partial charge in [0.25, 0.3) is 0 Å². The van der Waals surface area contributed by atoms with Crippen molar-refractivity contribution < 1.29 is 0 Å². The summed E-state index contributed by atoms with van der Waals surface area (Å²) in [5.41, 5.74) is 12.6. The van der Waals surface area contributed by atoms with Crippen molar-refractivity contribution in [1.82, 2.24) is 20.6 Å². The van der Waals surface area contributed by atoms with Gasteiger partial charge >= 0.3 is 0 Å². The third kappa shape index (κ3) is 6.45. The van der Waals surface area contributed by atoms with Crippen LogP contribution in [0, 0.1) is 18.8 Å². The summed E-state index contributed by atoms with van der Waals surface area (Å²) in [5.74, 6) is 8.15. The van der Waals surface area contributed by atoms with Gasteiger partial charge < -0.3 is 21.4 Å². The van der Waals surface area contributed by atoms with Gasteiger partial charge in [-0.3, -0.25) is 0 Å². The number of allylic oxidation sites excluding steroid dienone is 1. The summed E-state index contributed by atoms with van der Waals surface area (Å²) in [6, 6.07) is 15.3.